The van der Waals surface area contributed by atoms with Gasteiger partial charge >= 0.3 is 17.9 Å². The Morgan fingerprint density at radius 2 is 1.88 bits per heavy atom. The fourth-order valence-electron chi connectivity index (χ4n) is 3.04. The molecule has 2 saturated heterocycles. The molecule has 1 unspecified atom stereocenters. The van der Waals surface area contributed by atoms with Crippen molar-refractivity contribution >= 4 is 17.9 Å². The zero-order valence-electron chi connectivity index (χ0n) is 19.5. The van der Waals surface area contributed by atoms with E-state index in [0.29, 0.717) is 18.8 Å². The van der Waals surface area contributed by atoms with Crippen LogP contribution in [0.2, 0.25) is 0 Å². The van der Waals surface area contributed by atoms with Crippen molar-refractivity contribution in [2.45, 2.75) is 52.4 Å². The number of fused-ring (bicyclic) bond motifs is 1. The van der Waals surface area contributed by atoms with E-state index in [0.717, 1.165) is 6.42 Å². The van der Waals surface area contributed by atoms with Crippen LogP contribution in [0.4, 0.5) is 0 Å². The lowest BCUT2D eigenvalue weighted by molar-refractivity contribution is -0.148. The van der Waals surface area contributed by atoms with E-state index in [1.807, 2.05) is 26.8 Å². The minimum absolute atomic E-state index is 0.0160. The summed E-state index contributed by atoms with van der Waals surface area (Å²) in [6, 6.07) is 5.98. The summed E-state index contributed by atoms with van der Waals surface area (Å²) in [6.45, 7) is 11.8. The molecule has 2 aliphatic rings. The lowest BCUT2D eigenvalue weighted by atomic mass is 10.1. The van der Waals surface area contributed by atoms with Crippen molar-refractivity contribution in [3.05, 3.63) is 66.3 Å². The van der Waals surface area contributed by atoms with Crippen molar-refractivity contribution in [1.82, 2.24) is 0 Å². The Morgan fingerprint density at radius 3 is 2.48 bits per heavy atom. The summed E-state index contributed by atoms with van der Waals surface area (Å²) in [5.74, 6) is -1.96. The maximum Gasteiger partial charge on any atom is 0.339 e. The third kappa shape index (κ3) is 8.67. The van der Waals surface area contributed by atoms with Gasteiger partial charge in [-0.1, -0.05) is 50.8 Å². The number of hydrogen-bond donors (Lipinski definition) is 1. The molecule has 1 aromatic rings. The second kappa shape index (κ2) is 14.8. The molecule has 2 aliphatic heterocycles. The Bertz CT molecular complexity index is 871. The molecular formula is C25H32O8. The summed E-state index contributed by atoms with van der Waals surface area (Å²) >= 11 is 0. The van der Waals surface area contributed by atoms with Crippen molar-refractivity contribution in [3.63, 3.8) is 0 Å². The van der Waals surface area contributed by atoms with Crippen LogP contribution in [0.1, 0.15) is 44.5 Å². The van der Waals surface area contributed by atoms with Gasteiger partial charge in [-0.2, -0.15) is 0 Å². The number of ether oxygens (including phenoxy) is 4. The zero-order chi connectivity index (χ0) is 24.8. The number of aromatic carboxylic acids is 1. The van der Waals surface area contributed by atoms with Crippen LogP contribution in [-0.4, -0.2) is 54.5 Å². The number of rotatable bonds is 6. The fraction of sp³-hybridized carbons (Fsp3) is 0.400. The number of para-hydroxylation sites is 1. The smallest absolute Gasteiger partial charge is 0.339 e. The van der Waals surface area contributed by atoms with Crippen LogP contribution >= 0.6 is 0 Å². The predicted octanol–water partition coefficient (Wildman–Crippen LogP) is 4.11. The third-order valence-corrected chi connectivity index (χ3v) is 4.47. The fourth-order valence-corrected chi connectivity index (χ4v) is 3.04. The molecule has 3 atom stereocenters. The van der Waals surface area contributed by atoms with Gasteiger partial charge in [0, 0.05) is 13.5 Å². The minimum atomic E-state index is -1.11. The van der Waals surface area contributed by atoms with Gasteiger partial charge in [-0.3, -0.25) is 4.79 Å². The van der Waals surface area contributed by atoms with Crippen LogP contribution in [0, 0.1) is 0 Å². The molecular weight excluding hydrogens is 428 g/mol. The maximum absolute atomic E-state index is 11.9. The first kappa shape index (κ1) is 27.8. The van der Waals surface area contributed by atoms with E-state index in [2.05, 4.69) is 11.3 Å². The number of carbonyl (C=O) groups excluding carboxylic acids is 2. The van der Waals surface area contributed by atoms with E-state index >= 15 is 0 Å². The molecule has 0 spiro atoms. The van der Waals surface area contributed by atoms with E-state index < -0.39 is 11.9 Å². The van der Waals surface area contributed by atoms with Crippen molar-refractivity contribution < 1.29 is 38.4 Å². The van der Waals surface area contributed by atoms with Gasteiger partial charge in [-0.25, -0.2) is 9.59 Å². The largest absolute Gasteiger partial charge is 0.478 e. The lowest BCUT2D eigenvalue weighted by Crippen LogP contribution is -2.32. The molecule has 3 rings (SSSR count). The summed E-state index contributed by atoms with van der Waals surface area (Å²) in [5, 5.41) is 8.69. The van der Waals surface area contributed by atoms with Crippen molar-refractivity contribution in [3.8, 4) is 5.75 Å². The average molecular weight is 461 g/mol. The van der Waals surface area contributed by atoms with Crippen molar-refractivity contribution in [1.29, 1.82) is 0 Å². The molecule has 0 saturated carbocycles. The number of carboxylic acids is 1. The summed E-state index contributed by atoms with van der Waals surface area (Å²) in [5.41, 5.74) is 0.423. The molecule has 0 aromatic heterocycles. The highest BCUT2D eigenvalue weighted by molar-refractivity contribution is 5.92. The van der Waals surface area contributed by atoms with Gasteiger partial charge in [0.1, 0.15) is 17.4 Å². The molecule has 1 aromatic carbocycles. The molecule has 1 N–H and O–H groups in total. The van der Waals surface area contributed by atoms with E-state index in [4.69, 9.17) is 19.3 Å². The van der Waals surface area contributed by atoms with E-state index in [1.54, 1.807) is 24.3 Å². The third-order valence-electron chi connectivity index (χ3n) is 4.47. The van der Waals surface area contributed by atoms with Crippen molar-refractivity contribution in [2.75, 3.05) is 13.2 Å². The number of hydrogen-bond acceptors (Lipinski definition) is 7. The summed E-state index contributed by atoms with van der Waals surface area (Å²) in [7, 11) is 0. The molecule has 0 aliphatic carbocycles. The molecule has 8 heteroatoms. The first-order valence-corrected chi connectivity index (χ1v) is 10.8. The first-order valence-electron chi connectivity index (χ1n) is 10.8. The Hall–Kier alpha value is -3.23. The minimum Gasteiger partial charge on any atom is -0.478 e. The quantitative estimate of drug-likeness (QED) is 0.292. The van der Waals surface area contributed by atoms with E-state index in [-0.39, 0.29) is 35.6 Å². The highest BCUT2D eigenvalue weighted by Gasteiger charge is 2.44. The Balaban J connectivity index is 0.000000322. The second-order valence-corrected chi connectivity index (χ2v) is 6.69. The molecule has 8 nitrogen and oxygen atoms in total. The highest BCUT2D eigenvalue weighted by Crippen LogP contribution is 2.28. The van der Waals surface area contributed by atoms with Crippen molar-refractivity contribution in [2.24, 2.45) is 0 Å². The van der Waals surface area contributed by atoms with Gasteiger partial charge < -0.3 is 24.1 Å². The molecule has 0 amide bonds. The molecule has 0 bridgehead atoms. The van der Waals surface area contributed by atoms with Gasteiger partial charge in [0.05, 0.1) is 18.3 Å². The second-order valence-electron chi connectivity index (χ2n) is 6.69. The number of allylic oxidation sites excluding steroid dienone is 3. The van der Waals surface area contributed by atoms with Crippen LogP contribution in [0.5, 0.6) is 5.75 Å². The summed E-state index contributed by atoms with van der Waals surface area (Å²) < 4.78 is 21.1. The number of esters is 2. The molecule has 0 radical (unpaired) electrons. The Kier molecular flexibility index (Phi) is 12.4. The predicted molar refractivity (Wildman–Crippen MR) is 123 cm³/mol. The summed E-state index contributed by atoms with van der Waals surface area (Å²) in [4.78, 5) is 33.1. The standard InChI is InChI=1S/C14H18O4.C9H8O4.C2H6/c1-3-5-6-10(4-2)14(15)18-12-9-17-11-7-8-16-13(11)12;1-6(10)13-8-5-3-2-4-7(8)9(11)12;1-2/h3-6,11-13H,2,7-9H2,1H3;2-5H,1H3,(H,11,12);1-2H3/b5-3-,10-6+;;/t11-,12?,13+;;/m1../s1. The van der Waals surface area contributed by atoms with Crippen LogP contribution in [-0.2, 0) is 23.8 Å². The maximum atomic E-state index is 11.9. The SMILES string of the molecule is C=C/C(=C\C=C/C)C(=O)OC1CO[C@@H]2CCO[C@H]12.CC.CC(=O)Oc1ccccc1C(=O)O. The number of benzene rings is 1. The monoisotopic (exact) mass is 460 g/mol. The van der Waals surface area contributed by atoms with Crippen LogP contribution in [0.25, 0.3) is 0 Å². The van der Waals surface area contributed by atoms with Crippen LogP contribution < -0.4 is 4.74 Å². The molecule has 180 valence electrons. The normalized spacial score (nSPS) is 21.1. The zero-order valence-corrected chi connectivity index (χ0v) is 19.5. The summed E-state index contributed by atoms with van der Waals surface area (Å²) in [6.07, 6.45) is 7.32. The highest BCUT2D eigenvalue weighted by atomic mass is 16.6. The number of carboxylic acid groups (broad SMARTS) is 1. The lowest BCUT2D eigenvalue weighted by Gasteiger charge is -2.16. The van der Waals surface area contributed by atoms with Gasteiger partial charge in [-0.05, 0) is 31.6 Å². The average Bonchev–Trinajstić information content (AvgIpc) is 3.41. The Labute approximate surface area is 194 Å². The first-order chi connectivity index (χ1) is 15.9. The molecule has 2 heterocycles. The van der Waals surface area contributed by atoms with E-state index in [9.17, 15) is 14.4 Å². The van der Waals surface area contributed by atoms with Gasteiger partial charge in [-0.15, -0.1) is 0 Å². The topological polar surface area (TPSA) is 108 Å². The molecule has 2 fully saturated rings. The van der Waals surface area contributed by atoms with Crippen LogP contribution in [0.3, 0.4) is 0 Å². The Morgan fingerprint density at radius 1 is 1.18 bits per heavy atom. The van der Waals surface area contributed by atoms with Gasteiger partial charge in [0.2, 0.25) is 0 Å². The molecule has 33 heavy (non-hydrogen) atoms. The van der Waals surface area contributed by atoms with E-state index in [1.165, 1.54) is 25.1 Å². The van der Waals surface area contributed by atoms with Gasteiger partial charge in [0.25, 0.3) is 0 Å². The number of carbonyl (C=O) groups is 3. The van der Waals surface area contributed by atoms with Crippen LogP contribution in [0.15, 0.2) is 60.7 Å². The van der Waals surface area contributed by atoms with Gasteiger partial charge in [0.15, 0.2) is 6.10 Å².